The summed E-state index contributed by atoms with van der Waals surface area (Å²) in [5.41, 5.74) is 0.688. The number of rotatable bonds is 3. The van der Waals surface area contributed by atoms with Gasteiger partial charge in [-0.2, -0.15) is 4.98 Å². The average Bonchev–Trinajstić information content (AvgIpc) is 3.00. The minimum Gasteiger partial charge on any atom is -0.356 e. The zero-order valence-electron chi connectivity index (χ0n) is 14.7. The molecule has 0 aromatic carbocycles. The summed E-state index contributed by atoms with van der Waals surface area (Å²) in [7, 11) is 0. The third kappa shape index (κ3) is 3.85. The van der Waals surface area contributed by atoms with Crippen LogP contribution in [0.3, 0.4) is 0 Å². The van der Waals surface area contributed by atoms with E-state index in [-0.39, 0.29) is 11.1 Å². The summed E-state index contributed by atoms with van der Waals surface area (Å²) in [6, 6.07) is 1.93. The van der Waals surface area contributed by atoms with Gasteiger partial charge in [-0.25, -0.2) is 4.98 Å². The number of aromatic nitrogens is 2. The summed E-state index contributed by atoms with van der Waals surface area (Å²) in [5.74, 6) is 1.30. The number of thioether (sulfide) groups is 1. The summed E-state index contributed by atoms with van der Waals surface area (Å²) in [6.45, 7) is 3.93. The maximum absolute atomic E-state index is 11.9. The van der Waals surface area contributed by atoms with Crippen molar-refractivity contribution in [2.75, 3.05) is 36.0 Å². The summed E-state index contributed by atoms with van der Waals surface area (Å²) < 4.78 is 0. The fraction of sp³-hybridized carbons (Fsp3) is 0.556. The van der Waals surface area contributed by atoms with E-state index in [0.717, 1.165) is 62.5 Å². The normalized spacial score (nSPS) is 22.8. The first-order valence-corrected chi connectivity index (χ1v) is 10.1. The first-order chi connectivity index (χ1) is 12.7. The summed E-state index contributed by atoms with van der Waals surface area (Å²) in [6.07, 6.45) is 8.86. The molecule has 138 valence electrons. The van der Waals surface area contributed by atoms with Crippen LogP contribution in [0.1, 0.15) is 44.2 Å². The van der Waals surface area contributed by atoms with Crippen molar-refractivity contribution in [1.29, 1.82) is 0 Å². The lowest BCUT2D eigenvalue weighted by Gasteiger charge is -2.31. The van der Waals surface area contributed by atoms with Crippen LogP contribution < -0.4 is 15.1 Å². The standard InChI is InChI=1S/C18H23N5O2S/c24-16-14(26-18(25)21-16)11-13-12-15(22-7-3-1-4-8-22)20-17(19-13)23-9-5-2-6-10-23/h11-12H,1-10H2,(H,21,24,25)/b14-11+. The predicted octanol–water partition coefficient (Wildman–Crippen LogP) is 2.78. The Balaban J connectivity index is 1.68. The molecule has 1 aromatic heterocycles. The molecule has 1 N–H and O–H groups in total. The average molecular weight is 373 g/mol. The number of carbonyl (C=O) groups excluding carboxylic acids is 2. The van der Waals surface area contributed by atoms with Gasteiger partial charge in [0.2, 0.25) is 5.95 Å². The first-order valence-electron chi connectivity index (χ1n) is 9.33. The molecule has 3 aliphatic rings. The summed E-state index contributed by atoms with van der Waals surface area (Å²) in [4.78, 5) is 37.7. The van der Waals surface area contributed by atoms with E-state index < -0.39 is 0 Å². The maximum atomic E-state index is 11.9. The lowest BCUT2D eigenvalue weighted by atomic mass is 10.1. The van der Waals surface area contributed by atoms with E-state index in [1.165, 1.54) is 25.7 Å². The molecule has 0 bridgehead atoms. The highest BCUT2D eigenvalue weighted by Crippen LogP contribution is 2.28. The Kier molecular flexibility index (Phi) is 5.10. The zero-order valence-corrected chi connectivity index (χ0v) is 15.6. The van der Waals surface area contributed by atoms with Gasteiger partial charge >= 0.3 is 0 Å². The molecule has 3 aliphatic heterocycles. The molecule has 26 heavy (non-hydrogen) atoms. The molecule has 7 nitrogen and oxygen atoms in total. The van der Waals surface area contributed by atoms with Crippen LogP contribution in [0.25, 0.3) is 6.08 Å². The third-order valence-electron chi connectivity index (χ3n) is 4.96. The van der Waals surface area contributed by atoms with Crippen LogP contribution in [0, 0.1) is 0 Å². The molecule has 0 unspecified atom stereocenters. The highest BCUT2D eigenvalue weighted by atomic mass is 32.2. The Morgan fingerprint density at radius 2 is 1.58 bits per heavy atom. The fourth-order valence-corrected chi connectivity index (χ4v) is 4.26. The molecule has 3 fully saturated rings. The van der Waals surface area contributed by atoms with Gasteiger partial charge in [-0.15, -0.1) is 0 Å². The van der Waals surface area contributed by atoms with Gasteiger partial charge < -0.3 is 9.80 Å². The molecular weight excluding hydrogens is 350 g/mol. The van der Waals surface area contributed by atoms with E-state index in [9.17, 15) is 9.59 Å². The first kappa shape index (κ1) is 17.3. The molecule has 0 saturated carbocycles. The lowest BCUT2D eigenvalue weighted by Crippen LogP contribution is -2.33. The van der Waals surface area contributed by atoms with E-state index in [4.69, 9.17) is 4.98 Å². The molecule has 2 amide bonds. The van der Waals surface area contributed by atoms with Crippen LogP contribution >= 0.6 is 11.8 Å². The van der Waals surface area contributed by atoms with Crippen molar-refractivity contribution in [2.24, 2.45) is 0 Å². The van der Waals surface area contributed by atoms with Gasteiger partial charge in [0.1, 0.15) is 5.82 Å². The maximum Gasteiger partial charge on any atom is 0.290 e. The number of anilines is 2. The summed E-state index contributed by atoms with van der Waals surface area (Å²) in [5, 5.41) is 1.96. The quantitative estimate of drug-likeness (QED) is 0.816. The number of nitrogens with one attached hydrogen (secondary N) is 1. The minimum absolute atomic E-state index is 0.331. The van der Waals surface area contributed by atoms with Crippen LogP contribution in [-0.4, -0.2) is 47.3 Å². The van der Waals surface area contributed by atoms with Crippen molar-refractivity contribution in [2.45, 2.75) is 38.5 Å². The second-order valence-electron chi connectivity index (χ2n) is 6.90. The van der Waals surface area contributed by atoms with Crippen LogP contribution in [0.2, 0.25) is 0 Å². The van der Waals surface area contributed by atoms with Crippen molar-refractivity contribution in [3.05, 3.63) is 16.7 Å². The highest BCUT2D eigenvalue weighted by molar-refractivity contribution is 8.18. The molecule has 8 heteroatoms. The van der Waals surface area contributed by atoms with Crippen molar-refractivity contribution >= 4 is 40.8 Å². The number of imide groups is 1. The summed E-state index contributed by atoms with van der Waals surface area (Å²) >= 11 is 0.925. The van der Waals surface area contributed by atoms with E-state index in [1.54, 1.807) is 6.08 Å². The molecule has 4 heterocycles. The molecular formula is C18H23N5O2S. The van der Waals surface area contributed by atoms with E-state index in [1.807, 2.05) is 6.07 Å². The second kappa shape index (κ2) is 7.65. The van der Waals surface area contributed by atoms with Gasteiger partial charge in [-0.1, -0.05) is 0 Å². The number of amides is 2. The van der Waals surface area contributed by atoms with E-state index >= 15 is 0 Å². The van der Waals surface area contributed by atoms with Gasteiger partial charge in [0, 0.05) is 32.2 Å². The van der Waals surface area contributed by atoms with E-state index in [0.29, 0.717) is 10.6 Å². The Morgan fingerprint density at radius 1 is 0.923 bits per heavy atom. The topological polar surface area (TPSA) is 78.4 Å². The second-order valence-corrected chi connectivity index (χ2v) is 7.91. The van der Waals surface area contributed by atoms with Gasteiger partial charge in [-0.05, 0) is 56.4 Å². The monoisotopic (exact) mass is 373 g/mol. The molecule has 0 atom stereocenters. The largest absolute Gasteiger partial charge is 0.356 e. The Morgan fingerprint density at radius 3 is 2.19 bits per heavy atom. The van der Waals surface area contributed by atoms with Crippen LogP contribution in [0.5, 0.6) is 0 Å². The van der Waals surface area contributed by atoms with Crippen LogP contribution in [-0.2, 0) is 4.79 Å². The van der Waals surface area contributed by atoms with Crippen molar-refractivity contribution in [3.63, 3.8) is 0 Å². The Labute approximate surface area is 157 Å². The molecule has 4 rings (SSSR count). The van der Waals surface area contributed by atoms with Gasteiger partial charge in [0.25, 0.3) is 11.1 Å². The molecule has 0 spiro atoms. The number of hydrogen-bond donors (Lipinski definition) is 1. The van der Waals surface area contributed by atoms with Crippen LogP contribution in [0.15, 0.2) is 11.0 Å². The van der Waals surface area contributed by atoms with Crippen molar-refractivity contribution < 1.29 is 9.59 Å². The third-order valence-corrected chi connectivity index (χ3v) is 5.77. The SMILES string of the molecule is O=C1NC(=O)/C(=C\c2cc(N3CCCCC3)nc(N3CCCCC3)n2)S1. The molecule has 3 saturated heterocycles. The van der Waals surface area contributed by atoms with Crippen molar-refractivity contribution in [3.8, 4) is 0 Å². The molecule has 0 aliphatic carbocycles. The number of hydrogen-bond acceptors (Lipinski definition) is 7. The van der Waals surface area contributed by atoms with Gasteiger partial charge in [-0.3, -0.25) is 14.9 Å². The predicted molar refractivity (Wildman–Crippen MR) is 103 cm³/mol. The molecule has 1 aromatic rings. The number of nitrogens with zero attached hydrogens (tertiary/aromatic N) is 4. The van der Waals surface area contributed by atoms with Crippen LogP contribution in [0.4, 0.5) is 16.6 Å². The fourth-order valence-electron chi connectivity index (χ4n) is 3.59. The smallest absolute Gasteiger partial charge is 0.290 e. The van der Waals surface area contributed by atoms with Gasteiger partial charge in [0.05, 0.1) is 10.6 Å². The zero-order chi connectivity index (χ0) is 17.9. The van der Waals surface area contributed by atoms with Gasteiger partial charge in [0.15, 0.2) is 0 Å². The lowest BCUT2D eigenvalue weighted by molar-refractivity contribution is -0.115. The highest BCUT2D eigenvalue weighted by Gasteiger charge is 2.26. The Hall–Kier alpha value is -2.09. The van der Waals surface area contributed by atoms with Crippen molar-refractivity contribution in [1.82, 2.24) is 15.3 Å². The minimum atomic E-state index is -0.349. The molecule has 0 radical (unpaired) electrons. The number of carbonyl (C=O) groups is 2. The Bertz CT molecular complexity index is 703. The van der Waals surface area contributed by atoms with E-state index in [2.05, 4.69) is 20.1 Å². The number of piperidine rings is 2.